The smallest absolute Gasteiger partial charge is 0.338 e. The number of Topliss-reactive ketones (excluding diaryl/α,β-unsaturated/α-hetero) is 1. The van der Waals surface area contributed by atoms with Crippen LogP contribution in [0.2, 0.25) is 0 Å². The molecule has 26 heavy (non-hydrogen) atoms. The number of carbonyl (C=O) groups excluding carboxylic acids is 2. The van der Waals surface area contributed by atoms with E-state index in [0.717, 1.165) is 19.3 Å². The van der Waals surface area contributed by atoms with Crippen LogP contribution in [0.15, 0.2) is 0 Å². The van der Waals surface area contributed by atoms with E-state index in [-0.39, 0.29) is 6.42 Å². The van der Waals surface area contributed by atoms with Crippen LogP contribution in [0.25, 0.3) is 0 Å². The summed E-state index contributed by atoms with van der Waals surface area (Å²) in [6, 6.07) is 0. The van der Waals surface area contributed by atoms with Crippen molar-refractivity contribution in [3.63, 3.8) is 0 Å². The number of aliphatic hydroxyl groups excluding tert-OH is 3. The van der Waals surface area contributed by atoms with E-state index >= 15 is 0 Å². The molecule has 1 saturated heterocycles. The average Bonchev–Trinajstić information content (AvgIpc) is 2.89. The van der Waals surface area contributed by atoms with Gasteiger partial charge in [0.2, 0.25) is 0 Å². The van der Waals surface area contributed by atoms with Gasteiger partial charge in [0.15, 0.2) is 24.1 Å². The maximum Gasteiger partial charge on any atom is 0.338 e. The fourth-order valence-corrected chi connectivity index (χ4v) is 3.32. The van der Waals surface area contributed by atoms with E-state index in [1.165, 1.54) is 51.4 Å². The number of esters is 1. The van der Waals surface area contributed by atoms with Crippen molar-refractivity contribution in [1.29, 1.82) is 0 Å². The zero-order valence-electron chi connectivity index (χ0n) is 16.1. The molecule has 0 aliphatic carbocycles. The van der Waals surface area contributed by atoms with Crippen molar-refractivity contribution >= 4 is 11.8 Å². The standard InChI is InChI=1S/C20H36O6/c1-2-3-4-5-6-7-8-9-10-11-12-13-14-15(21)16(22)19-17(23)18(24)20(25)26-19/h16-19,22-24H,2-14H2,1H3/t16-,17+,18-,19+/m0/s1. The molecule has 152 valence electrons. The molecule has 1 aliphatic rings. The fourth-order valence-electron chi connectivity index (χ4n) is 3.32. The van der Waals surface area contributed by atoms with Crippen molar-refractivity contribution in [3.8, 4) is 0 Å². The lowest BCUT2D eigenvalue weighted by Gasteiger charge is -2.18. The van der Waals surface area contributed by atoms with Gasteiger partial charge in [0.25, 0.3) is 0 Å². The molecule has 1 fully saturated rings. The minimum Gasteiger partial charge on any atom is -0.454 e. The largest absolute Gasteiger partial charge is 0.454 e. The van der Waals surface area contributed by atoms with Crippen LogP contribution in [0.3, 0.4) is 0 Å². The van der Waals surface area contributed by atoms with Crippen molar-refractivity contribution in [1.82, 2.24) is 0 Å². The molecule has 0 bridgehead atoms. The fraction of sp³-hybridized carbons (Fsp3) is 0.900. The molecule has 0 aromatic rings. The molecule has 1 aliphatic heterocycles. The minimum atomic E-state index is -1.69. The summed E-state index contributed by atoms with van der Waals surface area (Å²) >= 11 is 0. The first-order valence-electron chi connectivity index (χ1n) is 10.3. The highest BCUT2D eigenvalue weighted by Gasteiger charge is 2.47. The van der Waals surface area contributed by atoms with Crippen LogP contribution in [0.1, 0.15) is 90.4 Å². The normalized spacial score (nSPS) is 23.8. The van der Waals surface area contributed by atoms with Crippen molar-refractivity contribution in [2.24, 2.45) is 0 Å². The third-order valence-corrected chi connectivity index (χ3v) is 5.07. The second-order valence-corrected chi connectivity index (χ2v) is 7.39. The first-order chi connectivity index (χ1) is 12.5. The van der Waals surface area contributed by atoms with Gasteiger partial charge in [-0.2, -0.15) is 0 Å². The molecule has 4 atom stereocenters. The summed E-state index contributed by atoms with van der Waals surface area (Å²) in [5.41, 5.74) is 0. The lowest BCUT2D eigenvalue weighted by Crippen LogP contribution is -2.42. The van der Waals surface area contributed by atoms with Gasteiger partial charge in [0, 0.05) is 6.42 Å². The number of rotatable bonds is 15. The van der Waals surface area contributed by atoms with Crippen LogP contribution in [0.5, 0.6) is 0 Å². The van der Waals surface area contributed by atoms with Crippen LogP contribution in [0.4, 0.5) is 0 Å². The Morgan fingerprint density at radius 2 is 1.38 bits per heavy atom. The van der Waals surface area contributed by atoms with Crippen molar-refractivity contribution < 1.29 is 29.6 Å². The summed E-state index contributed by atoms with van der Waals surface area (Å²) < 4.78 is 4.67. The molecule has 3 N–H and O–H groups in total. The molecule has 6 nitrogen and oxygen atoms in total. The predicted molar refractivity (Wildman–Crippen MR) is 98.6 cm³/mol. The van der Waals surface area contributed by atoms with E-state index < -0.39 is 36.2 Å². The molecule has 0 radical (unpaired) electrons. The van der Waals surface area contributed by atoms with Gasteiger partial charge in [0.05, 0.1) is 0 Å². The van der Waals surface area contributed by atoms with Crippen molar-refractivity contribution in [2.45, 2.75) is 115 Å². The zero-order valence-corrected chi connectivity index (χ0v) is 16.1. The first kappa shape index (κ1) is 23.1. The Balaban J connectivity index is 1.99. The summed E-state index contributed by atoms with van der Waals surface area (Å²) in [5, 5.41) is 28.8. The molecule has 0 spiro atoms. The van der Waals surface area contributed by atoms with Crippen LogP contribution < -0.4 is 0 Å². The van der Waals surface area contributed by atoms with Gasteiger partial charge in [-0.15, -0.1) is 0 Å². The van der Waals surface area contributed by atoms with Gasteiger partial charge >= 0.3 is 5.97 Å². The molecule has 0 amide bonds. The highest BCUT2D eigenvalue weighted by molar-refractivity contribution is 5.85. The molecule has 0 saturated carbocycles. The number of unbranched alkanes of at least 4 members (excludes halogenated alkanes) is 11. The van der Waals surface area contributed by atoms with E-state index in [0.29, 0.717) is 6.42 Å². The summed E-state index contributed by atoms with van der Waals surface area (Å²) in [6.45, 7) is 2.23. The Labute approximate surface area is 156 Å². The Morgan fingerprint density at radius 3 is 1.81 bits per heavy atom. The Kier molecular flexibility index (Phi) is 11.7. The Bertz CT molecular complexity index is 411. The third kappa shape index (κ3) is 8.14. The molecule has 0 aromatic heterocycles. The van der Waals surface area contributed by atoms with E-state index in [9.17, 15) is 24.9 Å². The number of hydrogen-bond donors (Lipinski definition) is 3. The van der Waals surface area contributed by atoms with Gasteiger partial charge < -0.3 is 20.1 Å². The van der Waals surface area contributed by atoms with E-state index in [4.69, 9.17) is 0 Å². The molecule has 1 rings (SSSR count). The predicted octanol–water partition coefficient (Wildman–Crippen LogP) is 2.65. The Morgan fingerprint density at radius 1 is 0.923 bits per heavy atom. The van der Waals surface area contributed by atoms with E-state index in [2.05, 4.69) is 11.7 Å². The topological polar surface area (TPSA) is 104 Å². The van der Waals surface area contributed by atoms with Gasteiger partial charge in [0.1, 0.15) is 6.10 Å². The van der Waals surface area contributed by atoms with Crippen LogP contribution in [-0.2, 0) is 14.3 Å². The monoisotopic (exact) mass is 372 g/mol. The number of cyclic esters (lactones) is 1. The van der Waals surface area contributed by atoms with Crippen molar-refractivity contribution in [3.05, 3.63) is 0 Å². The number of aliphatic hydroxyl groups is 3. The van der Waals surface area contributed by atoms with Gasteiger partial charge in [-0.05, 0) is 6.42 Å². The number of ketones is 1. The van der Waals surface area contributed by atoms with E-state index in [1.807, 2.05) is 0 Å². The average molecular weight is 373 g/mol. The maximum atomic E-state index is 11.9. The lowest BCUT2D eigenvalue weighted by atomic mass is 9.98. The second-order valence-electron chi connectivity index (χ2n) is 7.39. The maximum absolute atomic E-state index is 11.9. The molecule has 0 unspecified atom stereocenters. The highest BCUT2D eigenvalue weighted by atomic mass is 16.6. The van der Waals surface area contributed by atoms with Gasteiger partial charge in [-0.1, -0.05) is 77.6 Å². The third-order valence-electron chi connectivity index (χ3n) is 5.07. The molecule has 6 heteroatoms. The highest BCUT2D eigenvalue weighted by Crippen LogP contribution is 2.21. The number of ether oxygens (including phenoxy) is 1. The second kappa shape index (κ2) is 13.2. The van der Waals surface area contributed by atoms with Crippen LogP contribution in [-0.4, -0.2) is 51.5 Å². The van der Waals surface area contributed by atoms with E-state index in [1.54, 1.807) is 0 Å². The SMILES string of the molecule is CCCCCCCCCCCCCCC(=O)[C@H](O)[C@H]1OC(=O)[C@@H](O)[C@H]1O. The van der Waals surface area contributed by atoms with Crippen LogP contribution in [0, 0.1) is 0 Å². The molecule has 1 heterocycles. The van der Waals surface area contributed by atoms with Crippen LogP contribution >= 0.6 is 0 Å². The first-order valence-corrected chi connectivity index (χ1v) is 10.3. The Hall–Kier alpha value is -0.980. The summed E-state index contributed by atoms with van der Waals surface area (Å²) in [6.07, 6.45) is 8.32. The minimum absolute atomic E-state index is 0.190. The summed E-state index contributed by atoms with van der Waals surface area (Å²) in [7, 11) is 0. The van der Waals surface area contributed by atoms with Gasteiger partial charge in [-0.25, -0.2) is 4.79 Å². The molecule has 0 aromatic carbocycles. The van der Waals surface area contributed by atoms with Crippen molar-refractivity contribution in [2.75, 3.05) is 0 Å². The molecular weight excluding hydrogens is 336 g/mol. The van der Waals surface area contributed by atoms with Gasteiger partial charge in [-0.3, -0.25) is 4.79 Å². The summed E-state index contributed by atoms with van der Waals surface area (Å²) in [5.74, 6) is -1.46. The zero-order chi connectivity index (χ0) is 19.4. The quantitative estimate of drug-likeness (QED) is 0.302. The molecular formula is C20H36O6. The lowest BCUT2D eigenvalue weighted by molar-refractivity contribution is -0.153. The summed E-state index contributed by atoms with van der Waals surface area (Å²) in [4.78, 5) is 23.1. The number of carbonyl (C=O) groups is 2. The number of hydrogen-bond acceptors (Lipinski definition) is 6.